The molecule has 3 heterocycles. The van der Waals surface area contributed by atoms with Gasteiger partial charge in [-0.05, 0) is 37.3 Å². The van der Waals surface area contributed by atoms with Crippen LogP contribution in [0.25, 0.3) is 11.0 Å². The molecular formula is C19H21N3O5. The van der Waals surface area contributed by atoms with E-state index in [9.17, 15) is 14.7 Å². The number of amides is 2. The Morgan fingerprint density at radius 2 is 2.15 bits per heavy atom. The van der Waals surface area contributed by atoms with Gasteiger partial charge in [-0.1, -0.05) is 5.16 Å². The van der Waals surface area contributed by atoms with Crippen LogP contribution in [0.4, 0.5) is 5.69 Å². The van der Waals surface area contributed by atoms with Crippen LogP contribution in [0.5, 0.6) is 5.75 Å². The molecule has 1 saturated heterocycles. The van der Waals surface area contributed by atoms with Crippen LogP contribution in [-0.2, 0) is 9.59 Å². The van der Waals surface area contributed by atoms with Gasteiger partial charge >= 0.3 is 0 Å². The van der Waals surface area contributed by atoms with E-state index in [1.165, 1.54) is 0 Å². The molecule has 142 valence electrons. The van der Waals surface area contributed by atoms with E-state index in [1.807, 2.05) is 12.1 Å². The van der Waals surface area contributed by atoms with Crippen LogP contribution in [0.1, 0.15) is 37.3 Å². The summed E-state index contributed by atoms with van der Waals surface area (Å²) in [6.07, 6.45) is 2.65. The third kappa shape index (κ3) is 2.58. The molecule has 2 N–H and O–H groups in total. The molecule has 1 aromatic carbocycles. The molecule has 8 nitrogen and oxygen atoms in total. The molecule has 27 heavy (non-hydrogen) atoms. The first-order valence-electron chi connectivity index (χ1n) is 9.42. The second kappa shape index (κ2) is 6.23. The molecule has 1 atom stereocenters. The topological polar surface area (TPSA) is 105 Å². The van der Waals surface area contributed by atoms with Gasteiger partial charge in [0.25, 0.3) is 0 Å². The van der Waals surface area contributed by atoms with Gasteiger partial charge in [-0.25, -0.2) is 0 Å². The predicted octanol–water partition coefficient (Wildman–Crippen LogP) is 1.32. The zero-order valence-corrected chi connectivity index (χ0v) is 14.8. The number of ether oxygens (including phenoxy) is 1. The van der Waals surface area contributed by atoms with E-state index >= 15 is 0 Å². The highest BCUT2D eigenvalue weighted by Crippen LogP contribution is 2.46. The van der Waals surface area contributed by atoms with Gasteiger partial charge < -0.3 is 19.3 Å². The number of fused-ring (bicyclic) bond motifs is 3. The first kappa shape index (κ1) is 16.6. The van der Waals surface area contributed by atoms with E-state index in [2.05, 4.69) is 15.4 Å². The van der Waals surface area contributed by atoms with Gasteiger partial charge in [0.2, 0.25) is 11.8 Å². The summed E-state index contributed by atoms with van der Waals surface area (Å²) in [4.78, 5) is 26.1. The maximum absolute atomic E-state index is 12.3. The van der Waals surface area contributed by atoms with Crippen molar-refractivity contribution in [3.05, 3.63) is 17.8 Å². The monoisotopic (exact) mass is 371 g/mol. The average molecular weight is 371 g/mol. The molecule has 3 aliphatic rings. The number of nitrogens with zero attached hydrogens (tertiary/aromatic N) is 2. The lowest BCUT2D eigenvalue weighted by Gasteiger charge is -2.45. The first-order valence-corrected chi connectivity index (χ1v) is 9.42. The minimum Gasteiger partial charge on any atom is -0.489 e. The molecule has 0 spiro atoms. The molecule has 0 bridgehead atoms. The number of nitrogens with one attached hydrogen (secondary N) is 1. The zero-order valence-electron chi connectivity index (χ0n) is 14.8. The van der Waals surface area contributed by atoms with Gasteiger partial charge in [0.1, 0.15) is 12.3 Å². The van der Waals surface area contributed by atoms with Crippen molar-refractivity contribution in [1.29, 1.82) is 0 Å². The van der Waals surface area contributed by atoms with Crippen LogP contribution in [0.3, 0.4) is 0 Å². The molecule has 0 radical (unpaired) electrons. The Kier molecular flexibility index (Phi) is 3.82. The Morgan fingerprint density at radius 1 is 1.30 bits per heavy atom. The minimum atomic E-state index is -0.517. The number of aromatic nitrogens is 1. The SMILES string of the molecule is O=C1CCC(c2noc3ccc4c(c23)OCCN4C2CC(CO)C2)C(=O)N1. The molecule has 5 rings (SSSR count). The van der Waals surface area contributed by atoms with Crippen molar-refractivity contribution in [2.75, 3.05) is 24.7 Å². The molecule has 2 aromatic rings. The maximum atomic E-state index is 12.3. The number of hydrogen-bond acceptors (Lipinski definition) is 7. The lowest BCUT2D eigenvalue weighted by atomic mass is 9.79. The summed E-state index contributed by atoms with van der Waals surface area (Å²) >= 11 is 0. The van der Waals surface area contributed by atoms with Gasteiger partial charge in [0.05, 0.1) is 23.5 Å². The molecule has 1 saturated carbocycles. The molecule has 2 fully saturated rings. The average Bonchev–Trinajstić information content (AvgIpc) is 3.05. The second-order valence-corrected chi connectivity index (χ2v) is 7.57. The quantitative estimate of drug-likeness (QED) is 0.784. The molecule has 1 aromatic heterocycles. The van der Waals surface area contributed by atoms with Gasteiger partial charge in [-0.2, -0.15) is 0 Å². The first-order chi connectivity index (χ1) is 13.2. The summed E-state index contributed by atoms with van der Waals surface area (Å²) in [5, 5.41) is 16.6. The van der Waals surface area contributed by atoms with E-state index in [0.29, 0.717) is 42.0 Å². The highest BCUT2D eigenvalue weighted by Gasteiger charge is 2.38. The number of piperidine rings is 1. The van der Waals surface area contributed by atoms with E-state index in [0.717, 1.165) is 30.5 Å². The third-order valence-corrected chi connectivity index (χ3v) is 5.96. The van der Waals surface area contributed by atoms with E-state index in [4.69, 9.17) is 9.26 Å². The fourth-order valence-electron chi connectivity index (χ4n) is 4.43. The number of hydrogen-bond donors (Lipinski definition) is 2. The third-order valence-electron chi connectivity index (χ3n) is 5.96. The molecule has 2 amide bonds. The van der Waals surface area contributed by atoms with Crippen molar-refractivity contribution in [3.63, 3.8) is 0 Å². The summed E-state index contributed by atoms with van der Waals surface area (Å²) in [6, 6.07) is 4.23. The summed E-state index contributed by atoms with van der Waals surface area (Å²) in [5.74, 6) is -0.0304. The largest absolute Gasteiger partial charge is 0.489 e. The van der Waals surface area contributed by atoms with Gasteiger partial charge in [-0.3, -0.25) is 14.9 Å². The molecular weight excluding hydrogens is 350 g/mol. The Hall–Kier alpha value is -2.61. The number of aliphatic hydroxyl groups is 1. The van der Waals surface area contributed by atoms with Crippen molar-refractivity contribution < 1.29 is 24.0 Å². The van der Waals surface area contributed by atoms with Crippen molar-refractivity contribution in [2.45, 2.75) is 37.6 Å². The lowest BCUT2D eigenvalue weighted by Crippen LogP contribution is -2.49. The Bertz CT molecular complexity index is 917. The summed E-state index contributed by atoms with van der Waals surface area (Å²) in [6.45, 7) is 1.57. The highest BCUT2D eigenvalue weighted by molar-refractivity contribution is 6.03. The van der Waals surface area contributed by atoms with Crippen LogP contribution in [0, 0.1) is 5.92 Å². The second-order valence-electron chi connectivity index (χ2n) is 7.57. The van der Waals surface area contributed by atoms with Crippen molar-refractivity contribution in [1.82, 2.24) is 10.5 Å². The van der Waals surface area contributed by atoms with Crippen LogP contribution in [0.2, 0.25) is 0 Å². The Balaban J connectivity index is 1.54. The molecule has 2 aliphatic heterocycles. The fraction of sp³-hybridized carbons (Fsp3) is 0.526. The summed E-state index contributed by atoms with van der Waals surface area (Å²) in [5.41, 5.74) is 2.10. The number of carbonyl (C=O) groups excluding carboxylic acids is 2. The number of aliphatic hydroxyl groups excluding tert-OH is 1. The van der Waals surface area contributed by atoms with Crippen LogP contribution >= 0.6 is 0 Å². The molecule has 1 aliphatic carbocycles. The van der Waals surface area contributed by atoms with Gasteiger partial charge in [0.15, 0.2) is 11.3 Å². The number of anilines is 1. The van der Waals surface area contributed by atoms with E-state index < -0.39 is 5.92 Å². The smallest absolute Gasteiger partial charge is 0.235 e. The number of rotatable bonds is 3. The van der Waals surface area contributed by atoms with Crippen LogP contribution < -0.4 is 15.0 Å². The van der Waals surface area contributed by atoms with Crippen molar-refractivity contribution in [2.24, 2.45) is 5.92 Å². The normalized spacial score (nSPS) is 27.7. The summed E-state index contributed by atoms with van der Waals surface area (Å²) < 4.78 is 11.5. The number of imide groups is 1. The lowest BCUT2D eigenvalue weighted by molar-refractivity contribution is -0.134. The Morgan fingerprint density at radius 3 is 2.93 bits per heavy atom. The Labute approximate surface area is 155 Å². The summed E-state index contributed by atoms with van der Waals surface area (Å²) in [7, 11) is 0. The van der Waals surface area contributed by atoms with Crippen molar-refractivity contribution in [3.8, 4) is 5.75 Å². The minimum absolute atomic E-state index is 0.234. The predicted molar refractivity (Wildman–Crippen MR) is 95.6 cm³/mol. The van der Waals surface area contributed by atoms with E-state index in [1.54, 1.807) is 0 Å². The molecule has 1 unspecified atom stereocenters. The zero-order chi connectivity index (χ0) is 18.5. The van der Waals surface area contributed by atoms with E-state index in [-0.39, 0.29) is 24.8 Å². The highest BCUT2D eigenvalue weighted by atomic mass is 16.5. The van der Waals surface area contributed by atoms with Crippen LogP contribution in [0.15, 0.2) is 16.7 Å². The van der Waals surface area contributed by atoms with Crippen LogP contribution in [-0.4, -0.2) is 47.9 Å². The van der Waals surface area contributed by atoms with Gasteiger partial charge in [0, 0.05) is 19.1 Å². The standard InChI is InChI=1S/C19H21N3O5/c23-9-10-7-11(8-10)22-5-6-26-18-13(22)2-3-14-16(18)17(21-27-14)12-1-4-15(24)20-19(12)25/h2-3,10-12,23H,1,4-9H2,(H,20,24,25). The fourth-order valence-corrected chi connectivity index (χ4v) is 4.43. The number of benzene rings is 1. The maximum Gasteiger partial charge on any atom is 0.235 e. The number of carbonyl (C=O) groups is 2. The molecule has 8 heteroatoms. The van der Waals surface area contributed by atoms with Crippen molar-refractivity contribution >= 4 is 28.5 Å². The van der Waals surface area contributed by atoms with Gasteiger partial charge in [-0.15, -0.1) is 0 Å².